The molecule has 0 bridgehead atoms. The summed E-state index contributed by atoms with van der Waals surface area (Å²) in [5.74, 6) is 0. The molecule has 100 valence electrons. The Labute approximate surface area is 104 Å². The number of halogens is 3. The molecule has 1 aromatic carbocycles. The molecule has 1 fully saturated rings. The first kappa shape index (κ1) is 13.4. The first-order valence-electron chi connectivity index (χ1n) is 6.03. The zero-order chi connectivity index (χ0) is 13.0. The highest BCUT2D eigenvalue weighted by Gasteiger charge is 2.41. The Kier molecular flexibility index (Phi) is 4.24. The van der Waals surface area contributed by atoms with Crippen LogP contribution in [-0.2, 0) is 4.74 Å². The van der Waals surface area contributed by atoms with E-state index in [1.165, 1.54) is 12.1 Å². The molecule has 1 saturated heterocycles. The van der Waals surface area contributed by atoms with Crippen LogP contribution in [0.15, 0.2) is 30.3 Å². The quantitative estimate of drug-likeness (QED) is 0.900. The van der Waals surface area contributed by atoms with Crippen LogP contribution in [0.2, 0.25) is 0 Å². The zero-order valence-corrected chi connectivity index (χ0v) is 9.91. The van der Waals surface area contributed by atoms with Crippen molar-refractivity contribution in [2.24, 2.45) is 0 Å². The van der Waals surface area contributed by atoms with Gasteiger partial charge >= 0.3 is 6.18 Å². The van der Waals surface area contributed by atoms with Crippen molar-refractivity contribution < 1.29 is 17.9 Å². The Balaban J connectivity index is 2.11. The van der Waals surface area contributed by atoms with Crippen molar-refractivity contribution in [1.82, 2.24) is 5.32 Å². The summed E-state index contributed by atoms with van der Waals surface area (Å²) in [6.07, 6.45) is -3.03. The molecule has 5 heteroatoms. The van der Waals surface area contributed by atoms with Gasteiger partial charge in [-0.25, -0.2) is 0 Å². The third-order valence-electron chi connectivity index (χ3n) is 3.08. The van der Waals surface area contributed by atoms with Crippen LogP contribution < -0.4 is 5.32 Å². The summed E-state index contributed by atoms with van der Waals surface area (Å²) in [5.41, 5.74) is 0.261. The van der Waals surface area contributed by atoms with E-state index >= 15 is 0 Å². The van der Waals surface area contributed by atoms with Crippen molar-refractivity contribution in [2.75, 3.05) is 13.2 Å². The van der Waals surface area contributed by atoms with Crippen LogP contribution in [-0.4, -0.2) is 25.4 Å². The Bertz CT molecular complexity index is 360. The molecule has 1 aromatic rings. The molecule has 2 nitrogen and oxygen atoms in total. The second-order valence-electron chi connectivity index (χ2n) is 4.44. The Hall–Kier alpha value is -1.07. The number of hydrogen-bond acceptors (Lipinski definition) is 2. The van der Waals surface area contributed by atoms with E-state index in [0.717, 1.165) is 0 Å². The minimum absolute atomic E-state index is 0.134. The largest absolute Gasteiger partial charge is 0.407 e. The maximum absolute atomic E-state index is 13.1. The number of benzene rings is 1. The van der Waals surface area contributed by atoms with E-state index in [1.807, 2.05) is 0 Å². The fourth-order valence-electron chi connectivity index (χ4n) is 2.13. The lowest BCUT2D eigenvalue weighted by molar-refractivity contribution is -0.161. The van der Waals surface area contributed by atoms with E-state index in [0.29, 0.717) is 26.1 Å². The van der Waals surface area contributed by atoms with Gasteiger partial charge in [0.25, 0.3) is 0 Å². The second kappa shape index (κ2) is 5.71. The molecule has 1 atom stereocenters. The van der Waals surface area contributed by atoms with Gasteiger partial charge in [0, 0.05) is 19.3 Å². The molecule has 1 unspecified atom stereocenters. The standard InChI is InChI=1S/C13H16F3NO/c14-13(15,16)12(10-4-2-1-3-5-10)17-11-6-8-18-9-7-11/h1-5,11-12,17H,6-9H2. The van der Waals surface area contributed by atoms with Gasteiger partial charge in [0.2, 0.25) is 0 Å². The Morgan fingerprint density at radius 3 is 2.28 bits per heavy atom. The minimum Gasteiger partial charge on any atom is -0.381 e. The van der Waals surface area contributed by atoms with Gasteiger partial charge in [0.15, 0.2) is 0 Å². The molecule has 0 amide bonds. The maximum Gasteiger partial charge on any atom is 0.407 e. The van der Waals surface area contributed by atoms with Gasteiger partial charge in [-0.3, -0.25) is 5.32 Å². The zero-order valence-electron chi connectivity index (χ0n) is 9.91. The Morgan fingerprint density at radius 1 is 1.11 bits per heavy atom. The fourth-order valence-corrected chi connectivity index (χ4v) is 2.13. The summed E-state index contributed by atoms with van der Waals surface area (Å²) in [6.45, 7) is 1.05. The molecule has 18 heavy (non-hydrogen) atoms. The van der Waals surface area contributed by atoms with Crippen molar-refractivity contribution in [1.29, 1.82) is 0 Å². The number of alkyl halides is 3. The van der Waals surface area contributed by atoms with Crippen LogP contribution in [0, 0.1) is 0 Å². The molecule has 1 heterocycles. The average Bonchev–Trinajstić information content (AvgIpc) is 2.37. The lowest BCUT2D eigenvalue weighted by Crippen LogP contribution is -2.43. The van der Waals surface area contributed by atoms with Crippen LogP contribution in [0.25, 0.3) is 0 Å². The number of ether oxygens (including phenoxy) is 1. The monoisotopic (exact) mass is 259 g/mol. The lowest BCUT2D eigenvalue weighted by atomic mass is 10.0. The fraction of sp³-hybridized carbons (Fsp3) is 0.538. The summed E-state index contributed by atoms with van der Waals surface area (Å²) in [4.78, 5) is 0. The van der Waals surface area contributed by atoms with Gasteiger partial charge in [0.05, 0.1) is 0 Å². The van der Waals surface area contributed by atoms with E-state index in [1.54, 1.807) is 18.2 Å². The average molecular weight is 259 g/mol. The van der Waals surface area contributed by atoms with Gasteiger partial charge in [-0.05, 0) is 18.4 Å². The molecule has 1 aliphatic rings. The van der Waals surface area contributed by atoms with E-state index in [9.17, 15) is 13.2 Å². The molecular formula is C13H16F3NO. The molecule has 1 aliphatic heterocycles. The van der Waals surface area contributed by atoms with Gasteiger partial charge in [0.1, 0.15) is 6.04 Å². The van der Waals surface area contributed by atoms with E-state index in [2.05, 4.69) is 5.32 Å². The molecule has 0 radical (unpaired) electrons. The first-order chi connectivity index (χ1) is 8.57. The van der Waals surface area contributed by atoms with E-state index in [4.69, 9.17) is 4.74 Å². The third kappa shape index (κ3) is 3.46. The summed E-state index contributed by atoms with van der Waals surface area (Å²) in [5, 5.41) is 2.71. The number of hydrogen-bond donors (Lipinski definition) is 1. The summed E-state index contributed by atoms with van der Waals surface area (Å²) in [7, 11) is 0. The van der Waals surface area contributed by atoms with Crippen LogP contribution in [0.3, 0.4) is 0 Å². The van der Waals surface area contributed by atoms with Crippen LogP contribution in [0.5, 0.6) is 0 Å². The molecule has 0 aliphatic carbocycles. The second-order valence-corrected chi connectivity index (χ2v) is 4.44. The molecule has 0 saturated carbocycles. The van der Waals surface area contributed by atoms with Gasteiger partial charge in [-0.15, -0.1) is 0 Å². The van der Waals surface area contributed by atoms with E-state index < -0.39 is 12.2 Å². The number of nitrogens with one attached hydrogen (secondary N) is 1. The highest BCUT2D eigenvalue weighted by Crippen LogP contribution is 2.33. The van der Waals surface area contributed by atoms with Crippen molar-refractivity contribution in [3.05, 3.63) is 35.9 Å². The van der Waals surface area contributed by atoms with Crippen molar-refractivity contribution >= 4 is 0 Å². The number of rotatable bonds is 3. The normalized spacial score (nSPS) is 19.7. The summed E-state index contributed by atoms with van der Waals surface area (Å²) < 4.78 is 44.4. The first-order valence-corrected chi connectivity index (χ1v) is 6.03. The lowest BCUT2D eigenvalue weighted by Gasteiger charge is -2.30. The minimum atomic E-state index is -4.28. The third-order valence-corrected chi connectivity index (χ3v) is 3.08. The summed E-state index contributed by atoms with van der Waals surface area (Å²) in [6, 6.07) is 6.24. The van der Waals surface area contributed by atoms with Gasteiger partial charge < -0.3 is 4.74 Å². The smallest absolute Gasteiger partial charge is 0.381 e. The van der Waals surface area contributed by atoms with Crippen molar-refractivity contribution in [3.63, 3.8) is 0 Å². The summed E-state index contributed by atoms with van der Waals surface area (Å²) >= 11 is 0. The highest BCUT2D eigenvalue weighted by molar-refractivity contribution is 5.20. The van der Waals surface area contributed by atoms with Crippen molar-refractivity contribution in [3.8, 4) is 0 Å². The topological polar surface area (TPSA) is 21.3 Å². The van der Waals surface area contributed by atoms with Gasteiger partial charge in [-0.1, -0.05) is 30.3 Å². The SMILES string of the molecule is FC(F)(F)C(NC1CCOCC1)c1ccccc1. The molecule has 2 rings (SSSR count). The van der Waals surface area contributed by atoms with Crippen LogP contribution >= 0.6 is 0 Å². The van der Waals surface area contributed by atoms with Crippen molar-refractivity contribution in [2.45, 2.75) is 31.1 Å². The molecule has 1 N–H and O–H groups in total. The Morgan fingerprint density at radius 2 is 1.72 bits per heavy atom. The van der Waals surface area contributed by atoms with Crippen LogP contribution in [0.4, 0.5) is 13.2 Å². The van der Waals surface area contributed by atoms with Crippen LogP contribution in [0.1, 0.15) is 24.4 Å². The van der Waals surface area contributed by atoms with E-state index in [-0.39, 0.29) is 11.6 Å². The highest BCUT2D eigenvalue weighted by atomic mass is 19.4. The maximum atomic E-state index is 13.1. The predicted octanol–water partition coefficient (Wildman–Crippen LogP) is 3.06. The molecule has 0 spiro atoms. The predicted molar refractivity (Wildman–Crippen MR) is 62.2 cm³/mol. The molecular weight excluding hydrogens is 243 g/mol. The van der Waals surface area contributed by atoms with Gasteiger partial charge in [-0.2, -0.15) is 13.2 Å². The molecule has 0 aromatic heterocycles.